The van der Waals surface area contributed by atoms with E-state index in [1.54, 1.807) is 6.26 Å². The van der Waals surface area contributed by atoms with Crippen LogP contribution >= 0.6 is 0 Å². The zero-order chi connectivity index (χ0) is 20.6. The van der Waals surface area contributed by atoms with E-state index in [1.165, 1.54) is 5.56 Å². The smallest absolute Gasteiger partial charge is 0.226 e. The first-order chi connectivity index (χ1) is 14.0. The molecule has 1 saturated heterocycles. The van der Waals surface area contributed by atoms with Crippen molar-refractivity contribution in [1.82, 2.24) is 15.2 Å². The Morgan fingerprint density at radius 2 is 2.17 bits per heavy atom. The van der Waals surface area contributed by atoms with Crippen molar-refractivity contribution in [3.05, 3.63) is 41.8 Å². The number of primary amides is 1. The number of aliphatic imine (C=N–C) groups is 1. The summed E-state index contributed by atoms with van der Waals surface area (Å²) in [5, 5.41) is 3.36. The lowest BCUT2D eigenvalue weighted by Gasteiger charge is -2.34. The highest BCUT2D eigenvalue weighted by molar-refractivity contribution is 5.80. The summed E-state index contributed by atoms with van der Waals surface area (Å²) < 4.78 is 5.63. The van der Waals surface area contributed by atoms with E-state index in [9.17, 15) is 4.79 Å². The predicted octanol–water partition coefficient (Wildman–Crippen LogP) is 2.75. The molecule has 3 N–H and O–H groups in total. The number of hydrogen-bond acceptors (Lipinski definition) is 4. The molecule has 1 aromatic heterocycles. The van der Waals surface area contributed by atoms with Crippen molar-refractivity contribution < 1.29 is 9.21 Å². The quantitative estimate of drug-likeness (QED) is 0.553. The summed E-state index contributed by atoms with van der Waals surface area (Å²) in [6.07, 6.45) is 4.95. The Morgan fingerprint density at radius 3 is 2.90 bits per heavy atom. The number of benzene rings is 1. The van der Waals surface area contributed by atoms with Crippen LogP contribution in [0.1, 0.15) is 37.4 Å². The molecule has 2 aromatic rings. The summed E-state index contributed by atoms with van der Waals surface area (Å²) in [4.78, 5) is 22.9. The van der Waals surface area contributed by atoms with Gasteiger partial charge in [-0.2, -0.15) is 0 Å². The summed E-state index contributed by atoms with van der Waals surface area (Å²) in [5.74, 6) is 1.61. The molecule has 29 heavy (non-hydrogen) atoms. The largest absolute Gasteiger partial charge is 0.444 e. The van der Waals surface area contributed by atoms with Crippen LogP contribution in [0.5, 0.6) is 0 Å². The molecule has 0 saturated carbocycles. The molecular weight excluding hydrogens is 366 g/mol. The topological polar surface area (TPSA) is 96.8 Å². The SMILES string of the molecule is CCNC(=NCCc1coc(-c2ccc(C)cc2)n1)N1CCCC(CC(N)=O)C1. The van der Waals surface area contributed by atoms with Gasteiger partial charge in [0.2, 0.25) is 11.8 Å². The van der Waals surface area contributed by atoms with Crippen molar-refractivity contribution in [2.45, 2.75) is 39.5 Å². The lowest BCUT2D eigenvalue weighted by Crippen LogP contribution is -2.47. The van der Waals surface area contributed by atoms with Gasteiger partial charge in [0, 0.05) is 44.6 Å². The van der Waals surface area contributed by atoms with E-state index in [2.05, 4.69) is 41.2 Å². The third-order valence-corrected chi connectivity index (χ3v) is 5.12. The van der Waals surface area contributed by atoms with Gasteiger partial charge in [-0.05, 0) is 44.7 Å². The number of rotatable bonds is 7. The number of nitrogens with zero attached hydrogens (tertiary/aromatic N) is 3. The number of piperidine rings is 1. The summed E-state index contributed by atoms with van der Waals surface area (Å²) >= 11 is 0. The van der Waals surface area contributed by atoms with Gasteiger partial charge < -0.3 is 20.4 Å². The van der Waals surface area contributed by atoms with Gasteiger partial charge in [-0.25, -0.2) is 4.98 Å². The van der Waals surface area contributed by atoms with Crippen molar-refractivity contribution >= 4 is 11.9 Å². The van der Waals surface area contributed by atoms with E-state index in [-0.39, 0.29) is 5.91 Å². The van der Waals surface area contributed by atoms with Gasteiger partial charge >= 0.3 is 0 Å². The Bertz CT molecular complexity index is 828. The molecule has 0 radical (unpaired) electrons. The highest BCUT2D eigenvalue weighted by Gasteiger charge is 2.23. The fourth-order valence-corrected chi connectivity index (χ4v) is 3.66. The molecule has 156 valence electrons. The monoisotopic (exact) mass is 397 g/mol. The Morgan fingerprint density at radius 1 is 1.38 bits per heavy atom. The Labute approximate surface area is 172 Å². The van der Waals surface area contributed by atoms with Crippen LogP contribution < -0.4 is 11.1 Å². The fourth-order valence-electron chi connectivity index (χ4n) is 3.66. The van der Waals surface area contributed by atoms with E-state index < -0.39 is 0 Å². The highest BCUT2D eigenvalue weighted by atomic mass is 16.3. The molecule has 0 aliphatic carbocycles. The molecule has 1 atom stereocenters. The Balaban J connectivity index is 1.59. The van der Waals surface area contributed by atoms with E-state index in [4.69, 9.17) is 15.1 Å². The van der Waals surface area contributed by atoms with Gasteiger partial charge in [-0.1, -0.05) is 17.7 Å². The van der Waals surface area contributed by atoms with Crippen molar-refractivity contribution in [3.8, 4) is 11.5 Å². The molecule has 0 spiro atoms. The summed E-state index contributed by atoms with van der Waals surface area (Å²) in [5.41, 5.74) is 8.46. The highest BCUT2D eigenvalue weighted by Crippen LogP contribution is 2.20. The first kappa shape index (κ1) is 20.9. The molecular formula is C22H31N5O2. The van der Waals surface area contributed by atoms with Crippen LogP contribution in [0.2, 0.25) is 0 Å². The lowest BCUT2D eigenvalue weighted by atomic mass is 9.95. The zero-order valence-electron chi connectivity index (χ0n) is 17.4. The van der Waals surface area contributed by atoms with Gasteiger partial charge in [0.05, 0.1) is 5.69 Å². The van der Waals surface area contributed by atoms with Gasteiger partial charge in [-0.3, -0.25) is 9.79 Å². The fraction of sp³-hybridized carbons (Fsp3) is 0.500. The van der Waals surface area contributed by atoms with Crippen LogP contribution in [0.25, 0.3) is 11.5 Å². The van der Waals surface area contributed by atoms with E-state index >= 15 is 0 Å². The van der Waals surface area contributed by atoms with Crippen LogP contribution in [0.3, 0.4) is 0 Å². The average Bonchev–Trinajstić information content (AvgIpc) is 3.16. The van der Waals surface area contributed by atoms with Gasteiger partial charge in [0.25, 0.3) is 0 Å². The maximum atomic E-state index is 11.3. The van der Waals surface area contributed by atoms with Gasteiger partial charge in [0.15, 0.2) is 5.96 Å². The number of carbonyl (C=O) groups excluding carboxylic acids is 1. The maximum absolute atomic E-state index is 11.3. The number of aryl methyl sites for hydroxylation is 1. The van der Waals surface area contributed by atoms with Gasteiger partial charge in [0.1, 0.15) is 6.26 Å². The molecule has 1 fully saturated rings. The lowest BCUT2D eigenvalue weighted by molar-refractivity contribution is -0.119. The molecule has 3 rings (SSSR count). The Hall–Kier alpha value is -2.83. The van der Waals surface area contributed by atoms with Crippen molar-refractivity contribution in [1.29, 1.82) is 0 Å². The minimum atomic E-state index is -0.228. The standard InChI is InChI=1S/C22H31N5O2/c1-3-24-22(27-12-4-5-17(14-27)13-20(23)28)25-11-10-19-15-29-21(26-19)18-8-6-16(2)7-9-18/h6-9,15,17H,3-5,10-14H2,1-2H3,(H2,23,28)(H,24,25). The third kappa shape index (κ3) is 6.07. The first-order valence-corrected chi connectivity index (χ1v) is 10.4. The molecule has 1 amide bonds. The minimum Gasteiger partial charge on any atom is -0.444 e. The molecule has 7 nitrogen and oxygen atoms in total. The number of aromatic nitrogens is 1. The van der Waals surface area contributed by atoms with Crippen molar-refractivity contribution in [2.24, 2.45) is 16.6 Å². The molecule has 1 aliphatic rings. The van der Waals surface area contributed by atoms with Crippen molar-refractivity contribution in [3.63, 3.8) is 0 Å². The van der Waals surface area contributed by atoms with Gasteiger partial charge in [-0.15, -0.1) is 0 Å². The van der Waals surface area contributed by atoms with E-state index in [1.807, 2.05) is 12.1 Å². The number of carbonyl (C=O) groups is 1. The predicted molar refractivity (Wildman–Crippen MR) is 114 cm³/mol. The van der Waals surface area contributed by atoms with Crippen LogP contribution in [0, 0.1) is 12.8 Å². The van der Waals surface area contributed by atoms with E-state index in [0.717, 1.165) is 49.7 Å². The summed E-state index contributed by atoms with van der Waals surface area (Å²) in [6.45, 7) is 7.31. The first-order valence-electron chi connectivity index (χ1n) is 10.4. The number of nitrogens with two attached hydrogens (primary N) is 1. The second kappa shape index (κ2) is 10.1. The second-order valence-electron chi connectivity index (χ2n) is 7.62. The maximum Gasteiger partial charge on any atom is 0.226 e. The van der Waals surface area contributed by atoms with Crippen LogP contribution in [-0.2, 0) is 11.2 Å². The number of oxazole rings is 1. The molecule has 1 aliphatic heterocycles. The number of likely N-dealkylation sites (tertiary alicyclic amines) is 1. The molecule has 0 bridgehead atoms. The normalized spacial score (nSPS) is 17.4. The van der Waals surface area contributed by atoms with Crippen LogP contribution in [-0.4, -0.2) is 47.9 Å². The third-order valence-electron chi connectivity index (χ3n) is 5.12. The zero-order valence-corrected chi connectivity index (χ0v) is 17.4. The average molecular weight is 398 g/mol. The number of amides is 1. The molecule has 7 heteroatoms. The van der Waals surface area contributed by atoms with E-state index in [0.29, 0.717) is 31.2 Å². The number of guanidine groups is 1. The van der Waals surface area contributed by atoms with Crippen LogP contribution in [0.4, 0.5) is 0 Å². The van der Waals surface area contributed by atoms with Crippen molar-refractivity contribution in [2.75, 3.05) is 26.2 Å². The molecule has 1 unspecified atom stereocenters. The number of nitrogens with one attached hydrogen (secondary N) is 1. The van der Waals surface area contributed by atoms with Crippen LogP contribution in [0.15, 0.2) is 39.9 Å². The molecule has 2 heterocycles. The Kier molecular flexibility index (Phi) is 7.27. The second-order valence-corrected chi connectivity index (χ2v) is 7.62. The molecule has 1 aromatic carbocycles. The number of hydrogen-bond donors (Lipinski definition) is 2. The minimum absolute atomic E-state index is 0.228. The summed E-state index contributed by atoms with van der Waals surface area (Å²) in [6, 6.07) is 8.14. The summed E-state index contributed by atoms with van der Waals surface area (Å²) in [7, 11) is 0.